The molecule has 0 amide bonds. The third-order valence-electron chi connectivity index (χ3n) is 4.78. The summed E-state index contributed by atoms with van der Waals surface area (Å²) in [5.74, 6) is -0.427. The second-order valence-corrected chi connectivity index (χ2v) is 10.8. The molecule has 0 aliphatic heterocycles. The highest BCUT2D eigenvalue weighted by Gasteiger charge is 2.23. The Hall–Kier alpha value is -3.82. The van der Waals surface area contributed by atoms with Crippen molar-refractivity contribution in [2.24, 2.45) is 0 Å². The number of phenolic OH excluding ortho intramolecular Hbond substituents is 2. The van der Waals surface area contributed by atoms with Gasteiger partial charge < -0.3 is 14.9 Å². The van der Waals surface area contributed by atoms with Crippen LogP contribution in [0.1, 0.15) is 0 Å². The van der Waals surface area contributed by atoms with Crippen molar-refractivity contribution in [3.63, 3.8) is 0 Å². The van der Waals surface area contributed by atoms with Gasteiger partial charge in [0.15, 0.2) is 0 Å². The Morgan fingerprint density at radius 2 is 0.909 bits per heavy atom. The van der Waals surface area contributed by atoms with Gasteiger partial charge >= 0.3 is 0 Å². The average Bonchev–Trinajstić information content (AvgIpc) is 2.80. The standard InChI is InChI=1S/C24H18O7S2/c25-21-11-1-3-13-23(21)32(27,28)19-9-5-7-17(15-19)31-18-8-6-10-20(16-18)33(29,30)24-14-4-2-12-22(24)26/h1-16,25-26H. The lowest BCUT2D eigenvalue weighted by Crippen LogP contribution is -2.03. The maximum atomic E-state index is 12.9. The summed E-state index contributed by atoms with van der Waals surface area (Å²) in [4.78, 5) is -0.671. The van der Waals surface area contributed by atoms with E-state index in [2.05, 4.69) is 0 Å². The molecule has 0 bridgehead atoms. The van der Waals surface area contributed by atoms with Crippen LogP contribution >= 0.6 is 0 Å². The van der Waals surface area contributed by atoms with Crippen molar-refractivity contribution >= 4 is 19.7 Å². The first-order valence-electron chi connectivity index (χ1n) is 9.64. The largest absolute Gasteiger partial charge is 0.507 e. The van der Waals surface area contributed by atoms with E-state index < -0.39 is 19.7 Å². The predicted octanol–water partition coefficient (Wildman–Crippen LogP) is 4.56. The summed E-state index contributed by atoms with van der Waals surface area (Å²) in [6.07, 6.45) is 0. The molecule has 0 saturated carbocycles. The zero-order valence-electron chi connectivity index (χ0n) is 17.0. The lowest BCUT2D eigenvalue weighted by atomic mass is 10.3. The second kappa shape index (κ2) is 8.61. The molecule has 33 heavy (non-hydrogen) atoms. The number of ether oxygens (including phenoxy) is 1. The van der Waals surface area contributed by atoms with Gasteiger partial charge in [0.25, 0.3) is 0 Å². The fraction of sp³-hybridized carbons (Fsp3) is 0. The van der Waals surface area contributed by atoms with Gasteiger partial charge in [0, 0.05) is 0 Å². The maximum absolute atomic E-state index is 12.9. The van der Waals surface area contributed by atoms with Crippen LogP contribution in [-0.2, 0) is 19.7 Å². The van der Waals surface area contributed by atoms with Crippen molar-refractivity contribution in [3.8, 4) is 23.0 Å². The van der Waals surface area contributed by atoms with Crippen LogP contribution in [0.15, 0.2) is 117 Å². The highest BCUT2D eigenvalue weighted by molar-refractivity contribution is 7.92. The molecule has 4 aromatic rings. The number of hydrogen-bond acceptors (Lipinski definition) is 7. The Balaban J connectivity index is 1.67. The number of aromatic hydroxyl groups is 2. The highest BCUT2D eigenvalue weighted by Crippen LogP contribution is 2.33. The van der Waals surface area contributed by atoms with Crippen LogP contribution in [0.5, 0.6) is 23.0 Å². The van der Waals surface area contributed by atoms with E-state index in [0.717, 1.165) is 0 Å². The minimum absolute atomic E-state index is 0.0977. The quantitative estimate of drug-likeness (QED) is 0.414. The van der Waals surface area contributed by atoms with Crippen molar-refractivity contribution in [3.05, 3.63) is 97.1 Å². The summed E-state index contributed by atoms with van der Waals surface area (Å²) >= 11 is 0. The van der Waals surface area contributed by atoms with Crippen molar-refractivity contribution in [2.45, 2.75) is 19.6 Å². The van der Waals surface area contributed by atoms with E-state index in [1.807, 2.05) is 0 Å². The monoisotopic (exact) mass is 482 g/mol. The molecule has 0 saturated heterocycles. The fourth-order valence-electron chi connectivity index (χ4n) is 3.17. The van der Waals surface area contributed by atoms with E-state index in [1.165, 1.54) is 97.1 Å². The predicted molar refractivity (Wildman–Crippen MR) is 120 cm³/mol. The minimum atomic E-state index is -4.01. The van der Waals surface area contributed by atoms with Crippen LogP contribution in [-0.4, -0.2) is 27.0 Å². The Bertz CT molecular complexity index is 1430. The van der Waals surface area contributed by atoms with Crippen molar-refractivity contribution < 1.29 is 31.8 Å². The zero-order valence-corrected chi connectivity index (χ0v) is 18.6. The summed E-state index contributed by atoms with van der Waals surface area (Å²) in [7, 11) is -8.02. The number of hydrogen-bond donors (Lipinski definition) is 2. The molecule has 0 aliphatic carbocycles. The van der Waals surface area contributed by atoms with E-state index in [1.54, 1.807) is 0 Å². The lowest BCUT2D eigenvalue weighted by Gasteiger charge is -2.11. The minimum Gasteiger partial charge on any atom is -0.507 e. The van der Waals surface area contributed by atoms with Gasteiger partial charge in [-0.1, -0.05) is 36.4 Å². The van der Waals surface area contributed by atoms with Gasteiger partial charge in [-0.25, -0.2) is 16.8 Å². The zero-order chi connectivity index (χ0) is 23.6. The lowest BCUT2D eigenvalue weighted by molar-refractivity contribution is 0.458. The number of rotatable bonds is 6. The molecule has 4 aromatic carbocycles. The van der Waals surface area contributed by atoms with E-state index in [-0.39, 0.29) is 42.6 Å². The van der Waals surface area contributed by atoms with Gasteiger partial charge in [-0.05, 0) is 60.7 Å². The van der Waals surface area contributed by atoms with E-state index in [4.69, 9.17) is 4.74 Å². The molecule has 2 N–H and O–H groups in total. The molecule has 4 rings (SSSR count). The molecule has 0 aromatic heterocycles. The maximum Gasteiger partial charge on any atom is 0.210 e. The molecular weight excluding hydrogens is 464 g/mol. The Morgan fingerprint density at radius 1 is 0.515 bits per heavy atom. The molecule has 0 aliphatic rings. The fourth-order valence-corrected chi connectivity index (χ4v) is 5.94. The Labute approximate surface area is 191 Å². The topological polar surface area (TPSA) is 118 Å². The molecular formula is C24H18O7S2. The molecule has 0 atom stereocenters. The number of para-hydroxylation sites is 2. The van der Waals surface area contributed by atoms with Crippen LogP contribution in [0, 0.1) is 0 Å². The van der Waals surface area contributed by atoms with E-state index in [0.29, 0.717) is 0 Å². The van der Waals surface area contributed by atoms with E-state index in [9.17, 15) is 27.0 Å². The first kappa shape index (κ1) is 22.4. The summed E-state index contributed by atoms with van der Waals surface area (Å²) < 4.78 is 57.4. The van der Waals surface area contributed by atoms with Gasteiger partial charge in [0.2, 0.25) is 19.7 Å². The highest BCUT2D eigenvalue weighted by atomic mass is 32.2. The SMILES string of the molecule is O=S(=O)(c1cccc(Oc2cccc(S(=O)(=O)c3ccccc3O)c2)c1)c1ccccc1O. The molecule has 7 nitrogen and oxygen atoms in total. The number of benzene rings is 4. The van der Waals surface area contributed by atoms with E-state index >= 15 is 0 Å². The summed E-state index contributed by atoms with van der Waals surface area (Å²) in [5, 5.41) is 19.9. The van der Waals surface area contributed by atoms with Gasteiger partial charge in [-0.2, -0.15) is 0 Å². The third kappa shape index (κ3) is 4.41. The third-order valence-corrected chi connectivity index (χ3v) is 8.37. The van der Waals surface area contributed by atoms with Crippen LogP contribution < -0.4 is 4.74 Å². The summed E-state index contributed by atoms with van der Waals surface area (Å²) in [5.41, 5.74) is 0. The molecule has 0 spiro atoms. The molecule has 0 fully saturated rings. The molecule has 0 radical (unpaired) electrons. The summed E-state index contributed by atoms with van der Waals surface area (Å²) in [6.45, 7) is 0. The Kier molecular flexibility index (Phi) is 5.84. The van der Waals surface area contributed by atoms with Gasteiger partial charge in [0.05, 0.1) is 9.79 Å². The van der Waals surface area contributed by atoms with Crippen LogP contribution in [0.4, 0.5) is 0 Å². The van der Waals surface area contributed by atoms with Crippen LogP contribution in [0.3, 0.4) is 0 Å². The Morgan fingerprint density at radius 3 is 1.30 bits per heavy atom. The van der Waals surface area contributed by atoms with Crippen molar-refractivity contribution in [1.29, 1.82) is 0 Å². The molecule has 0 heterocycles. The molecule has 168 valence electrons. The van der Waals surface area contributed by atoms with Crippen LogP contribution in [0.25, 0.3) is 0 Å². The number of phenols is 2. The smallest absolute Gasteiger partial charge is 0.210 e. The van der Waals surface area contributed by atoms with Gasteiger partial charge in [0.1, 0.15) is 32.8 Å². The van der Waals surface area contributed by atoms with Gasteiger partial charge in [-0.15, -0.1) is 0 Å². The molecule has 9 heteroatoms. The summed E-state index contributed by atoms with van der Waals surface area (Å²) in [6, 6.07) is 22.5. The van der Waals surface area contributed by atoms with Crippen molar-refractivity contribution in [1.82, 2.24) is 0 Å². The first-order valence-corrected chi connectivity index (χ1v) is 12.6. The van der Waals surface area contributed by atoms with Crippen molar-refractivity contribution in [2.75, 3.05) is 0 Å². The second-order valence-electron chi connectivity index (χ2n) is 6.99. The van der Waals surface area contributed by atoms with Gasteiger partial charge in [-0.3, -0.25) is 0 Å². The first-order chi connectivity index (χ1) is 15.7. The van der Waals surface area contributed by atoms with Crippen LogP contribution in [0.2, 0.25) is 0 Å². The average molecular weight is 483 g/mol. The number of sulfone groups is 2. The normalized spacial score (nSPS) is 11.8. The molecule has 0 unspecified atom stereocenters.